The van der Waals surface area contributed by atoms with Crippen LogP contribution in [0, 0.1) is 9.62 Å². The molecule has 0 amide bonds. The third kappa shape index (κ3) is 2.38. The minimum Gasteiger partial charge on any atom is -0.322 e. The Morgan fingerprint density at radius 2 is 2.00 bits per heavy atom. The second-order valence-corrected chi connectivity index (χ2v) is 4.16. The highest BCUT2D eigenvalue weighted by atomic mass is 127. The van der Waals surface area contributed by atoms with Crippen LogP contribution < -0.4 is 5.73 Å². The van der Waals surface area contributed by atoms with E-state index in [1.54, 1.807) is 0 Å². The molecule has 0 spiro atoms. The summed E-state index contributed by atoms with van der Waals surface area (Å²) in [5.74, 6) is 0.402. The van der Waals surface area contributed by atoms with Gasteiger partial charge < -0.3 is 5.73 Å². The van der Waals surface area contributed by atoms with Crippen molar-refractivity contribution in [3.05, 3.63) is 21.5 Å². The number of hydrogen-bond acceptors (Lipinski definition) is 3. The Kier molecular flexibility index (Phi) is 3.39. The number of aromatic nitrogens is 2. The first kappa shape index (κ1) is 9.85. The molecule has 0 aromatic carbocycles. The molecule has 2 N–H and O–H groups in total. The van der Waals surface area contributed by atoms with Gasteiger partial charge in [0.25, 0.3) is 0 Å². The van der Waals surface area contributed by atoms with E-state index in [2.05, 4.69) is 46.6 Å². The second kappa shape index (κ2) is 4.13. The van der Waals surface area contributed by atoms with E-state index in [1.165, 1.54) is 0 Å². The number of nitrogens with two attached hydrogens (primary N) is 1. The van der Waals surface area contributed by atoms with Crippen LogP contribution in [0.15, 0.2) is 12.1 Å². The van der Waals surface area contributed by atoms with E-state index >= 15 is 0 Å². The monoisotopic (exact) mass is 277 g/mol. The lowest BCUT2D eigenvalue weighted by Crippen LogP contribution is -2.18. The molecule has 1 rings (SSSR count). The minimum atomic E-state index is -0.00509. The zero-order valence-corrected chi connectivity index (χ0v) is 9.32. The largest absolute Gasteiger partial charge is 0.322 e. The number of rotatable bonds is 2. The van der Waals surface area contributed by atoms with Crippen LogP contribution in [0.4, 0.5) is 0 Å². The third-order valence-corrected chi connectivity index (χ3v) is 2.29. The first-order chi connectivity index (χ1) is 5.61. The van der Waals surface area contributed by atoms with Crippen LogP contribution in [0.5, 0.6) is 0 Å². The van der Waals surface area contributed by atoms with Crippen molar-refractivity contribution in [2.24, 2.45) is 11.7 Å². The molecule has 1 aromatic rings. The molecular weight excluding hydrogens is 265 g/mol. The van der Waals surface area contributed by atoms with Crippen LogP contribution in [0.25, 0.3) is 0 Å². The van der Waals surface area contributed by atoms with Crippen LogP contribution in [-0.4, -0.2) is 10.2 Å². The molecule has 0 aliphatic heterocycles. The van der Waals surface area contributed by atoms with Gasteiger partial charge in [0.15, 0.2) is 0 Å². The van der Waals surface area contributed by atoms with Crippen molar-refractivity contribution in [1.29, 1.82) is 0 Å². The van der Waals surface area contributed by atoms with Crippen molar-refractivity contribution in [2.45, 2.75) is 19.9 Å². The molecule has 0 radical (unpaired) electrons. The maximum absolute atomic E-state index is 5.88. The van der Waals surface area contributed by atoms with Gasteiger partial charge in [-0.3, -0.25) is 0 Å². The Morgan fingerprint density at radius 1 is 1.33 bits per heavy atom. The zero-order chi connectivity index (χ0) is 9.14. The fraction of sp³-hybridized carbons (Fsp3) is 0.500. The summed E-state index contributed by atoms with van der Waals surface area (Å²) in [6, 6.07) is 3.85. The van der Waals surface area contributed by atoms with Crippen molar-refractivity contribution in [3.8, 4) is 0 Å². The molecule has 0 fully saturated rings. The van der Waals surface area contributed by atoms with E-state index in [4.69, 9.17) is 5.73 Å². The zero-order valence-electron chi connectivity index (χ0n) is 7.16. The van der Waals surface area contributed by atoms with E-state index in [9.17, 15) is 0 Å². The van der Waals surface area contributed by atoms with Crippen molar-refractivity contribution >= 4 is 22.6 Å². The van der Waals surface area contributed by atoms with Gasteiger partial charge >= 0.3 is 0 Å². The van der Waals surface area contributed by atoms with Crippen molar-refractivity contribution in [1.82, 2.24) is 10.2 Å². The van der Waals surface area contributed by atoms with E-state index < -0.39 is 0 Å². The number of nitrogens with zero attached hydrogens (tertiary/aromatic N) is 2. The Balaban J connectivity index is 2.82. The fourth-order valence-corrected chi connectivity index (χ4v) is 1.13. The topological polar surface area (TPSA) is 51.8 Å². The van der Waals surface area contributed by atoms with Gasteiger partial charge in [-0.2, -0.15) is 5.10 Å². The minimum absolute atomic E-state index is 0.00509. The van der Waals surface area contributed by atoms with Crippen LogP contribution in [0.3, 0.4) is 0 Å². The van der Waals surface area contributed by atoms with Gasteiger partial charge in [-0.05, 0) is 40.6 Å². The fourth-order valence-electron chi connectivity index (χ4n) is 0.846. The standard InChI is InChI=1S/C8H12IN3/c1-5(2)8(10)6-3-4-7(9)12-11-6/h3-5,8H,10H2,1-2H3. The first-order valence-electron chi connectivity index (χ1n) is 3.86. The Morgan fingerprint density at radius 3 is 2.42 bits per heavy atom. The summed E-state index contributed by atoms with van der Waals surface area (Å²) in [7, 11) is 0. The van der Waals surface area contributed by atoms with E-state index in [0.717, 1.165) is 9.39 Å². The van der Waals surface area contributed by atoms with Crippen LogP contribution >= 0.6 is 22.6 Å². The van der Waals surface area contributed by atoms with Crippen LogP contribution in [0.1, 0.15) is 25.6 Å². The quantitative estimate of drug-likeness (QED) is 0.838. The van der Waals surface area contributed by atoms with Crippen LogP contribution in [0.2, 0.25) is 0 Å². The highest BCUT2D eigenvalue weighted by Crippen LogP contribution is 2.15. The molecule has 66 valence electrons. The lowest BCUT2D eigenvalue weighted by Gasteiger charge is -2.13. The third-order valence-electron chi connectivity index (χ3n) is 1.71. The average molecular weight is 277 g/mol. The molecule has 0 bridgehead atoms. The molecule has 1 atom stereocenters. The van der Waals surface area contributed by atoms with Crippen LogP contribution in [-0.2, 0) is 0 Å². The molecule has 1 unspecified atom stereocenters. The van der Waals surface area contributed by atoms with E-state index in [-0.39, 0.29) is 6.04 Å². The molecular formula is C8H12IN3. The first-order valence-corrected chi connectivity index (χ1v) is 4.94. The van der Waals surface area contributed by atoms with Gasteiger partial charge in [0.05, 0.1) is 11.7 Å². The Bertz CT molecular complexity index is 245. The highest BCUT2D eigenvalue weighted by Gasteiger charge is 2.11. The molecule has 1 aromatic heterocycles. The molecule has 0 saturated heterocycles. The number of halogens is 1. The second-order valence-electron chi connectivity index (χ2n) is 3.05. The average Bonchev–Trinajstić information content (AvgIpc) is 2.04. The Labute approximate surface area is 85.9 Å². The summed E-state index contributed by atoms with van der Waals surface area (Å²) >= 11 is 2.12. The van der Waals surface area contributed by atoms with E-state index in [1.807, 2.05) is 12.1 Å². The summed E-state index contributed by atoms with van der Waals surface area (Å²) < 4.78 is 0.896. The van der Waals surface area contributed by atoms with Crippen molar-refractivity contribution < 1.29 is 0 Å². The molecule has 4 heteroatoms. The van der Waals surface area contributed by atoms with Gasteiger partial charge in [-0.1, -0.05) is 13.8 Å². The predicted octanol–water partition coefficient (Wildman–Crippen LogP) is 1.74. The van der Waals surface area contributed by atoms with Gasteiger partial charge in [0, 0.05) is 0 Å². The van der Waals surface area contributed by atoms with Gasteiger partial charge in [-0.15, -0.1) is 5.10 Å². The van der Waals surface area contributed by atoms with Crippen molar-refractivity contribution in [2.75, 3.05) is 0 Å². The lowest BCUT2D eigenvalue weighted by molar-refractivity contribution is 0.497. The molecule has 1 heterocycles. The smallest absolute Gasteiger partial charge is 0.124 e. The molecule has 0 aliphatic rings. The molecule has 0 aliphatic carbocycles. The van der Waals surface area contributed by atoms with Gasteiger partial charge in [0.1, 0.15) is 3.70 Å². The maximum atomic E-state index is 5.88. The maximum Gasteiger partial charge on any atom is 0.124 e. The van der Waals surface area contributed by atoms with Crippen molar-refractivity contribution in [3.63, 3.8) is 0 Å². The van der Waals surface area contributed by atoms with Gasteiger partial charge in [-0.25, -0.2) is 0 Å². The summed E-state index contributed by atoms with van der Waals surface area (Å²) in [6.45, 7) is 4.15. The Hall–Kier alpha value is -0.230. The van der Waals surface area contributed by atoms with Gasteiger partial charge in [0.2, 0.25) is 0 Å². The van der Waals surface area contributed by atoms with E-state index in [0.29, 0.717) is 5.92 Å². The lowest BCUT2D eigenvalue weighted by atomic mass is 10.0. The summed E-state index contributed by atoms with van der Waals surface area (Å²) in [6.07, 6.45) is 0. The highest BCUT2D eigenvalue weighted by molar-refractivity contribution is 14.1. The molecule has 0 saturated carbocycles. The SMILES string of the molecule is CC(C)C(N)c1ccc(I)nn1. The summed E-state index contributed by atoms with van der Waals surface area (Å²) in [4.78, 5) is 0. The predicted molar refractivity (Wildman–Crippen MR) is 56.5 cm³/mol. The molecule has 3 nitrogen and oxygen atoms in total. The summed E-state index contributed by atoms with van der Waals surface area (Å²) in [5.41, 5.74) is 6.75. The summed E-state index contributed by atoms with van der Waals surface area (Å²) in [5, 5.41) is 7.96. The molecule has 12 heavy (non-hydrogen) atoms. The normalized spacial score (nSPS) is 13.4. The number of hydrogen-bond donors (Lipinski definition) is 1.